The highest BCUT2D eigenvalue weighted by atomic mass is 32.1. The lowest BCUT2D eigenvalue weighted by atomic mass is 9.87. The molecule has 1 heteroatoms. The van der Waals surface area contributed by atoms with Gasteiger partial charge in [-0.3, -0.25) is 0 Å². The maximum Gasteiger partial charge on any atom is 0.00733 e. The van der Waals surface area contributed by atoms with Gasteiger partial charge in [0.05, 0.1) is 0 Å². The van der Waals surface area contributed by atoms with Crippen molar-refractivity contribution >= 4 is 12.6 Å². The van der Waals surface area contributed by atoms with E-state index in [1.54, 1.807) is 0 Å². The highest BCUT2D eigenvalue weighted by Crippen LogP contribution is 2.28. The van der Waals surface area contributed by atoms with Crippen molar-refractivity contribution in [1.82, 2.24) is 0 Å². The maximum absolute atomic E-state index is 4.47. The maximum atomic E-state index is 4.47. The SMILES string of the molecule is CC(C)(C)CCC(C)(C)S. The van der Waals surface area contributed by atoms with Gasteiger partial charge in [0.25, 0.3) is 0 Å². The van der Waals surface area contributed by atoms with Crippen molar-refractivity contribution in [3.63, 3.8) is 0 Å². The van der Waals surface area contributed by atoms with E-state index in [1.807, 2.05) is 0 Å². The fourth-order valence-electron chi connectivity index (χ4n) is 0.681. The zero-order chi connectivity index (χ0) is 8.41. The molecule has 0 amide bonds. The van der Waals surface area contributed by atoms with Crippen LogP contribution in [0.15, 0.2) is 0 Å². The molecule has 0 aliphatic carbocycles. The molecule has 0 unspecified atom stereocenters. The summed E-state index contributed by atoms with van der Waals surface area (Å²) >= 11 is 4.47. The number of thiol groups is 1. The first-order chi connectivity index (χ1) is 4.21. The fourth-order valence-corrected chi connectivity index (χ4v) is 0.793. The molecule has 0 aliphatic heterocycles. The van der Waals surface area contributed by atoms with Crippen LogP contribution in [0.2, 0.25) is 0 Å². The highest BCUT2D eigenvalue weighted by Gasteiger charge is 2.16. The van der Waals surface area contributed by atoms with E-state index in [0.29, 0.717) is 5.41 Å². The molecule has 0 saturated carbocycles. The smallest absolute Gasteiger partial charge is 0.00733 e. The molecular weight excluding hydrogens is 140 g/mol. The Hall–Kier alpha value is 0.350. The molecule has 0 aliphatic rings. The third-order valence-electron chi connectivity index (χ3n) is 1.49. The Balaban J connectivity index is 3.56. The van der Waals surface area contributed by atoms with Gasteiger partial charge < -0.3 is 0 Å². The molecule has 0 N–H and O–H groups in total. The second-order valence-electron chi connectivity index (χ2n) is 4.87. The van der Waals surface area contributed by atoms with E-state index >= 15 is 0 Å². The van der Waals surface area contributed by atoms with E-state index in [4.69, 9.17) is 0 Å². The fraction of sp³-hybridized carbons (Fsp3) is 1.00. The van der Waals surface area contributed by atoms with E-state index in [1.165, 1.54) is 12.8 Å². The monoisotopic (exact) mass is 160 g/mol. The molecule has 0 aromatic heterocycles. The van der Waals surface area contributed by atoms with E-state index in [9.17, 15) is 0 Å². The van der Waals surface area contributed by atoms with Gasteiger partial charge in [0.1, 0.15) is 0 Å². The Bertz CT molecular complexity index is 78.3. The molecule has 0 rings (SSSR count). The average molecular weight is 160 g/mol. The van der Waals surface area contributed by atoms with Crippen molar-refractivity contribution in [2.75, 3.05) is 0 Å². The Morgan fingerprint density at radius 3 is 1.40 bits per heavy atom. The molecule has 0 fully saturated rings. The molecule has 0 aromatic rings. The van der Waals surface area contributed by atoms with Crippen molar-refractivity contribution in [2.24, 2.45) is 5.41 Å². The predicted octanol–water partition coefficient (Wildman–Crippen LogP) is 3.52. The van der Waals surface area contributed by atoms with Gasteiger partial charge in [-0.1, -0.05) is 34.6 Å². The van der Waals surface area contributed by atoms with E-state index in [0.717, 1.165) is 0 Å². The minimum atomic E-state index is 0.202. The molecule has 0 saturated heterocycles. The van der Waals surface area contributed by atoms with E-state index in [2.05, 4.69) is 47.2 Å². The summed E-state index contributed by atoms with van der Waals surface area (Å²) in [5.74, 6) is 0. The molecular formula is C9H20S. The lowest BCUT2D eigenvalue weighted by Crippen LogP contribution is -2.15. The highest BCUT2D eigenvalue weighted by molar-refractivity contribution is 7.81. The Morgan fingerprint density at radius 2 is 1.30 bits per heavy atom. The summed E-state index contributed by atoms with van der Waals surface area (Å²) in [6.45, 7) is 11.1. The summed E-state index contributed by atoms with van der Waals surface area (Å²) in [5, 5.41) is 0. The van der Waals surface area contributed by atoms with Gasteiger partial charge in [-0.2, -0.15) is 12.6 Å². The average Bonchev–Trinajstić information content (AvgIpc) is 1.57. The van der Waals surface area contributed by atoms with Gasteiger partial charge in [-0.15, -0.1) is 0 Å². The van der Waals surface area contributed by atoms with E-state index < -0.39 is 0 Å². The first-order valence-corrected chi connectivity index (χ1v) is 4.38. The topological polar surface area (TPSA) is 0 Å². The second kappa shape index (κ2) is 3.17. The quantitative estimate of drug-likeness (QED) is 0.587. The van der Waals surface area contributed by atoms with Crippen molar-refractivity contribution in [2.45, 2.75) is 52.2 Å². The summed E-state index contributed by atoms with van der Waals surface area (Å²) < 4.78 is 0.202. The summed E-state index contributed by atoms with van der Waals surface area (Å²) in [7, 11) is 0. The van der Waals surface area contributed by atoms with Gasteiger partial charge in [-0.25, -0.2) is 0 Å². The first kappa shape index (κ1) is 10.3. The van der Waals surface area contributed by atoms with Crippen molar-refractivity contribution in [1.29, 1.82) is 0 Å². The lowest BCUT2D eigenvalue weighted by Gasteiger charge is -2.24. The molecule has 62 valence electrons. The third-order valence-corrected chi connectivity index (χ3v) is 1.71. The molecule has 0 aromatic carbocycles. The minimum absolute atomic E-state index is 0.202. The summed E-state index contributed by atoms with van der Waals surface area (Å²) in [6.07, 6.45) is 2.45. The first-order valence-electron chi connectivity index (χ1n) is 3.93. The van der Waals surface area contributed by atoms with Crippen LogP contribution in [0, 0.1) is 5.41 Å². The van der Waals surface area contributed by atoms with Gasteiger partial charge in [-0.05, 0) is 18.3 Å². The molecule has 0 bridgehead atoms. The van der Waals surface area contributed by atoms with Crippen LogP contribution in [0.3, 0.4) is 0 Å². The summed E-state index contributed by atoms with van der Waals surface area (Å²) in [4.78, 5) is 0. The van der Waals surface area contributed by atoms with Gasteiger partial charge in [0.15, 0.2) is 0 Å². The number of hydrogen-bond acceptors (Lipinski definition) is 1. The van der Waals surface area contributed by atoms with Crippen LogP contribution in [0.1, 0.15) is 47.5 Å². The second-order valence-corrected chi connectivity index (χ2v) is 6.08. The van der Waals surface area contributed by atoms with Crippen LogP contribution in [-0.2, 0) is 0 Å². The molecule has 0 spiro atoms. The van der Waals surface area contributed by atoms with Crippen LogP contribution in [-0.4, -0.2) is 4.75 Å². The lowest BCUT2D eigenvalue weighted by molar-refractivity contribution is 0.348. The zero-order valence-corrected chi connectivity index (χ0v) is 8.76. The standard InChI is InChI=1S/C9H20S/c1-8(2,3)6-7-9(4,5)10/h10H,6-7H2,1-5H3. The summed E-state index contributed by atoms with van der Waals surface area (Å²) in [6, 6.07) is 0. The van der Waals surface area contributed by atoms with Crippen LogP contribution in [0.25, 0.3) is 0 Å². The molecule has 10 heavy (non-hydrogen) atoms. The Labute approximate surface area is 70.8 Å². The Morgan fingerprint density at radius 1 is 0.900 bits per heavy atom. The third kappa shape index (κ3) is 8.35. The zero-order valence-electron chi connectivity index (χ0n) is 7.86. The molecule has 0 nitrogen and oxygen atoms in total. The van der Waals surface area contributed by atoms with Crippen LogP contribution < -0.4 is 0 Å². The largest absolute Gasteiger partial charge is 0.173 e. The van der Waals surface area contributed by atoms with Crippen molar-refractivity contribution in [3.05, 3.63) is 0 Å². The van der Waals surface area contributed by atoms with Crippen LogP contribution >= 0.6 is 12.6 Å². The normalized spacial score (nSPS) is 13.8. The molecule has 0 radical (unpaired) electrons. The van der Waals surface area contributed by atoms with E-state index in [-0.39, 0.29) is 4.75 Å². The minimum Gasteiger partial charge on any atom is -0.173 e. The van der Waals surface area contributed by atoms with Crippen molar-refractivity contribution in [3.8, 4) is 0 Å². The van der Waals surface area contributed by atoms with Gasteiger partial charge in [0, 0.05) is 4.75 Å². The summed E-state index contributed by atoms with van der Waals surface area (Å²) in [5.41, 5.74) is 0.458. The Kier molecular flexibility index (Phi) is 3.28. The van der Waals surface area contributed by atoms with Crippen LogP contribution in [0.5, 0.6) is 0 Å². The van der Waals surface area contributed by atoms with Crippen molar-refractivity contribution < 1.29 is 0 Å². The molecule has 0 heterocycles. The number of rotatable bonds is 2. The number of hydrogen-bond donors (Lipinski definition) is 1. The molecule has 0 atom stereocenters. The van der Waals surface area contributed by atoms with Crippen LogP contribution in [0.4, 0.5) is 0 Å². The predicted molar refractivity (Wildman–Crippen MR) is 51.8 cm³/mol. The van der Waals surface area contributed by atoms with Gasteiger partial charge >= 0.3 is 0 Å². The van der Waals surface area contributed by atoms with Gasteiger partial charge in [0.2, 0.25) is 0 Å².